The lowest BCUT2D eigenvalue weighted by atomic mass is 9.53. The molecular formula is C23H30N4O3. The summed E-state index contributed by atoms with van der Waals surface area (Å²) in [6, 6.07) is 6.28. The van der Waals surface area contributed by atoms with Crippen LogP contribution in [0.5, 0.6) is 0 Å². The Kier molecular flexibility index (Phi) is 4.52. The number of rotatable bonds is 3. The Bertz CT molecular complexity index is 927. The summed E-state index contributed by atoms with van der Waals surface area (Å²) >= 11 is 0. The van der Waals surface area contributed by atoms with E-state index in [4.69, 9.17) is 5.73 Å². The second-order valence-electron chi connectivity index (χ2n) is 9.96. The lowest BCUT2D eigenvalue weighted by Gasteiger charge is -2.63. The third-order valence-corrected chi connectivity index (χ3v) is 7.84. The minimum atomic E-state index is -0.564. The van der Waals surface area contributed by atoms with Crippen LogP contribution >= 0.6 is 0 Å². The van der Waals surface area contributed by atoms with E-state index in [0.29, 0.717) is 30.5 Å². The van der Waals surface area contributed by atoms with Crippen LogP contribution in [0.1, 0.15) is 61.0 Å². The first-order valence-electron chi connectivity index (χ1n) is 11.0. The maximum Gasteiger partial charge on any atom is 0.255 e. The molecule has 2 saturated heterocycles. The number of hydrogen-bond donors (Lipinski definition) is 2. The number of nitrogens with zero attached hydrogens (tertiary/aromatic N) is 2. The molecule has 4 atom stereocenters. The normalized spacial score (nSPS) is 33.0. The van der Waals surface area contributed by atoms with Crippen molar-refractivity contribution in [2.24, 2.45) is 17.1 Å². The second-order valence-corrected chi connectivity index (χ2v) is 9.96. The Morgan fingerprint density at radius 3 is 2.77 bits per heavy atom. The second kappa shape index (κ2) is 6.89. The fraction of sp³-hybridized carbons (Fsp3) is 0.609. The standard InChI is InChI=1S/C23H30N4O3/c1-23(2)19(24)16-4-3-9-26(20(16)23)11-13-5-6-15-14(10-13)12-27(22(15)30)17-7-8-18(28)25-21(17)29/h5-6,10,16-17,19-20H,3-4,7-9,11-12,24H2,1-2H3,(H,25,28,29). The van der Waals surface area contributed by atoms with Gasteiger partial charge in [0.25, 0.3) is 5.91 Å². The van der Waals surface area contributed by atoms with Crippen molar-refractivity contribution in [1.29, 1.82) is 0 Å². The van der Waals surface area contributed by atoms with E-state index in [-0.39, 0.29) is 35.6 Å². The highest BCUT2D eigenvalue weighted by Crippen LogP contribution is 2.51. The topological polar surface area (TPSA) is 95.7 Å². The summed E-state index contributed by atoms with van der Waals surface area (Å²) in [4.78, 5) is 40.7. The van der Waals surface area contributed by atoms with Gasteiger partial charge in [-0.05, 0) is 54.3 Å². The van der Waals surface area contributed by atoms with Crippen molar-refractivity contribution < 1.29 is 14.4 Å². The van der Waals surface area contributed by atoms with Gasteiger partial charge < -0.3 is 10.6 Å². The summed E-state index contributed by atoms with van der Waals surface area (Å²) in [5.41, 5.74) is 9.41. The van der Waals surface area contributed by atoms with Gasteiger partial charge >= 0.3 is 0 Å². The number of nitrogens with two attached hydrogens (primary N) is 1. The van der Waals surface area contributed by atoms with E-state index in [1.54, 1.807) is 4.90 Å². The molecule has 3 amide bonds. The third-order valence-electron chi connectivity index (χ3n) is 7.84. The maximum absolute atomic E-state index is 12.9. The van der Waals surface area contributed by atoms with E-state index < -0.39 is 6.04 Å². The van der Waals surface area contributed by atoms with Crippen LogP contribution < -0.4 is 11.1 Å². The summed E-state index contributed by atoms with van der Waals surface area (Å²) in [5, 5.41) is 2.36. The van der Waals surface area contributed by atoms with Crippen molar-refractivity contribution in [2.45, 2.75) is 70.7 Å². The highest BCUT2D eigenvalue weighted by Gasteiger charge is 2.57. The first-order chi connectivity index (χ1) is 14.3. The van der Waals surface area contributed by atoms with E-state index in [2.05, 4.69) is 30.1 Å². The lowest BCUT2D eigenvalue weighted by Crippen LogP contribution is -2.72. The summed E-state index contributed by atoms with van der Waals surface area (Å²) in [7, 11) is 0. The van der Waals surface area contributed by atoms with Crippen LogP contribution in [0.4, 0.5) is 0 Å². The van der Waals surface area contributed by atoms with Gasteiger partial charge in [0.05, 0.1) is 0 Å². The highest BCUT2D eigenvalue weighted by molar-refractivity contribution is 6.05. The largest absolute Gasteiger partial charge is 0.327 e. The number of imide groups is 1. The monoisotopic (exact) mass is 410 g/mol. The molecule has 160 valence electrons. The summed E-state index contributed by atoms with van der Waals surface area (Å²) in [6.07, 6.45) is 3.06. The number of amides is 3. The van der Waals surface area contributed by atoms with Gasteiger partial charge in [0.2, 0.25) is 11.8 Å². The first-order valence-corrected chi connectivity index (χ1v) is 11.0. The van der Waals surface area contributed by atoms with Crippen molar-refractivity contribution in [3.05, 3.63) is 34.9 Å². The number of carbonyl (C=O) groups excluding carboxylic acids is 3. The van der Waals surface area contributed by atoms with Crippen LogP contribution in [-0.4, -0.2) is 52.2 Å². The van der Waals surface area contributed by atoms with E-state index in [0.717, 1.165) is 18.7 Å². The van der Waals surface area contributed by atoms with Crippen molar-refractivity contribution in [1.82, 2.24) is 15.1 Å². The smallest absolute Gasteiger partial charge is 0.255 e. The molecule has 7 nitrogen and oxygen atoms in total. The van der Waals surface area contributed by atoms with Crippen LogP contribution in [0.25, 0.3) is 0 Å². The SMILES string of the molecule is CC1(C)C(N)C2CCCN(Cc3ccc4c(c3)CN(C3CCC(=O)NC3=O)C4=O)C21. The lowest BCUT2D eigenvalue weighted by molar-refractivity contribution is -0.136. The Balaban J connectivity index is 1.32. The van der Waals surface area contributed by atoms with Gasteiger partial charge in [0.1, 0.15) is 6.04 Å². The number of fused-ring (bicyclic) bond motifs is 2. The Morgan fingerprint density at radius 1 is 1.20 bits per heavy atom. The fourth-order valence-corrected chi connectivity index (χ4v) is 6.26. The van der Waals surface area contributed by atoms with E-state index in [1.165, 1.54) is 18.4 Å². The molecule has 3 aliphatic heterocycles. The number of piperidine rings is 2. The molecule has 1 aromatic rings. The number of nitrogens with one attached hydrogen (secondary N) is 1. The number of benzene rings is 1. The molecule has 3 N–H and O–H groups in total. The van der Waals surface area contributed by atoms with Crippen LogP contribution in [0.2, 0.25) is 0 Å². The Labute approximate surface area is 177 Å². The molecule has 3 heterocycles. The van der Waals surface area contributed by atoms with E-state index in [1.807, 2.05) is 12.1 Å². The van der Waals surface area contributed by atoms with Crippen LogP contribution in [0.15, 0.2) is 18.2 Å². The molecule has 0 aromatic heterocycles. The molecule has 0 spiro atoms. The minimum Gasteiger partial charge on any atom is -0.327 e. The van der Waals surface area contributed by atoms with Gasteiger partial charge in [0, 0.05) is 37.2 Å². The predicted molar refractivity (Wildman–Crippen MR) is 111 cm³/mol. The van der Waals surface area contributed by atoms with E-state index in [9.17, 15) is 14.4 Å². The number of carbonyl (C=O) groups is 3. The zero-order valence-electron chi connectivity index (χ0n) is 17.7. The Morgan fingerprint density at radius 2 is 2.00 bits per heavy atom. The van der Waals surface area contributed by atoms with Crippen molar-refractivity contribution in [3.63, 3.8) is 0 Å². The summed E-state index contributed by atoms with van der Waals surface area (Å²) < 4.78 is 0. The molecule has 3 fully saturated rings. The molecule has 1 saturated carbocycles. The molecule has 4 unspecified atom stereocenters. The summed E-state index contributed by atoms with van der Waals surface area (Å²) in [5.74, 6) is -0.167. The van der Waals surface area contributed by atoms with Crippen molar-refractivity contribution in [3.8, 4) is 0 Å². The molecule has 0 radical (unpaired) electrons. The van der Waals surface area contributed by atoms with Crippen molar-refractivity contribution >= 4 is 17.7 Å². The van der Waals surface area contributed by atoms with Gasteiger partial charge in [-0.25, -0.2) is 0 Å². The van der Waals surface area contributed by atoms with Crippen LogP contribution in [0, 0.1) is 11.3 Å². The number of likely N-dealkylation sites (tertiary alicyclic amines) is 1. The zero-order chi connectivity index (χ0) is 21.2. The van der Waals surface area contributed by atoms with Crippen LogP contribution in [-0.2, 0) is 22.7 Å². The quantitative estimate of drug-likeness (QED) is 0.735. The molecule has 5 rings (SSSR count). The van der Waals surface area contributed by atoms with Gasteiger partial charge in [-0.3, -0.25) is 24.6 Å². The molecule has 0 bridgehead atoms. The molecule has 7 heteroatoms. The van der Waals surface area contributed by atoms with Gasteiger partial charge in [-0.2, -0.15) is 0 Å². The Hall–Kier alpha value is -2.25. The molecule has 1 aliphatic carbocycles. The van der Waals surface area contributed by atoms with Gasteiger partial charge in [-0.1, -0.05) is 26.0 Å². The fourth-order valence-electron chi connectivity index (χ4n) is 6.26. The van der Waals surface area contributed by atoms with Gasteiger partial charge in [-0.15, -0.1) is 0 Å². The average molecular weight is 411 g/mol. The maximum atomic E-state index is 12.9. The highest BCUT2D eigenvalue weighted by atomic mass is 16.2. The van der Waals surface area contributed by atoms with Gasteiger partial charge in [0.15, 0.2) is 0 Å². The first kappa shape index (κ1) is 19.7. The molecular weight excluding hydrogens is 380 g/mol. The molecule has 4 aliphatic rings. The van der Waals surface area contributed by atoms with Crippen molar-refractivity contribution in [2.75, 3.05) is 6.54 Å². The van der Waals surface area contributed by atoms with E-state index >= 15 is 0 Å². The molecule has 1 aromatic carbocycles. The average Bonchev–Trinajstić information content (AvgIpc) is 3.03. The van der Waals surface area contributed by atoms with Crippen LogP contribution in [0.3, 0.4) is 0 Å². The minimum absolute atomic E-state index is 0.116. The number of hydrogen-bond acceptors (Lipinski definition) is 5. The third kappa shape index (κ3) is 2.90. The zero-order valence-corrected chi connectivity index (χ0v) is 17.7. The predicted octanol–water partition coefficient (Wildman–Crippen LogP) is 1.40. The summed E-state index contributed by atoms with van der Waals surface area (Å²) in [6.45, 7) is 6.91. The molecule has 30 heavy (non-hydrogen) atoms.